The number of piperidine rings is 1. The van der Waals surface area contributed by atoms with Gasteiger partial charge in [-0.3, -0.25) is 0 Å². The van der Waals surface area contributed by atoms with Gasteiger partial charge in [0.05, 0.1) is 0 Å². The first-order valence-electron chi connectivity index (χ1n) is 6.89. The second-order valence-electron chi connectivity index (χ2n) is 5.59. The Kier molecular flexibility index (Phi) is 4.26. The molecule has 1 aliphatic heterocycles. The van der Waals surface area contributed by atoms with Crippen molar-refractivity contribution in [1.82, 2.24) is 15.1 Å². The third-order valence-electron chi connectivity index (χ3n) is 3.97. The number of urea groups is 1. The molecule has 4 heteroatoms. The van der Waals surface area contributed by atoms with E-state index < -0.39 is 0 Å². The van der Waals surface area contributed by atoms with Crippen LogP contribution in [0.3, 0.4) is 0 Å². The minimum Gasteiger partial charge on any atom is -0.331 e. The molecule has 2 amide bonds. The van der Waals surface area contributed by atoms with Crippen LogP contribution in [0.2, 0.25) is 0 Å². The predicted octanol–water partition coefficient (Wildman–Crippen LogP) is 1.66. The van der Waals surface area contributed by atoms with Crippen LogP contribution in [0.4, 0.5) is 4.79 Å². The minimum absolute atomic E-state index is 0.157. The van der Waals surface area contributed by atoms with Gasteiger partial charge in [-0.25, -0.2) is 4.79 Å². The second-order valence-corrected chi connectivity index (χ2v) is 5.59. The predicted molar refractivity (Wildman–Crippen MR) is 69.1 cm³/mol. The number of hydrogen-bond donors (Lipinski definition) is 1. The molecule has 4 nitrogen and oxygen atoms in total. The van der Waals surface area contributed by atoms with E-state index in [1.165, 1.54) is 25.7 Å². The van der Waals surface area contributed by atoms with Crippen molar-refractivity contribution < 1.29 is 4.79 Å². The van der Waals surface area contributed by atoms with Gasteiger partial charge in [-0.2, -0.15) is 0 Å². The smallest absolute Gasteiger partial charge is 0.319 e. The average Bonchev–Trinajstić information content (AvgIpc) is 2.82. The van der Waals surface area contributed by atoms with Gasteiger partial charge in [0, 0.05) is 39.3 Å². The summed E-state index contributed by atoms with van der Waals surface area (Å²) in [6.45, 7) is 1.81. The zero-order chi connectivity index (χ0) is 12.3. The Bertz CT molecular complexity index is 253. The van der Waals surface area contributed by atoms with Crippen molar-refractivity contribution in [3.63, 3.8) is 0 Å². The van der Waals surface area contributed by atoms with Crippen molar-refractivity contribution in [2.75, 3.05) is 27.2 Å². The molecule has 0 atom stereocenters. The molecule has 0 unspecified atom stereocenters. The topological polar surface area (TPSA) is 35.6 Å². The molecular formula is C13H25N3O. The van der Waals surface area contributed by atoms with Crippen LogP contribution >= 0.6 is 0 Å². The number of amides is 2. The molecule has 0 aromatic carbocycles. The standard InChI is InChI=1S/C13H25N3O/c1-15(2)13(17)16-9-7-12(8-10-16)14-11-5-3-4-6-11/h11-12,14H,3-10H2,1-2H3. The van der Waals surface area contributed by atoms with Crippen molar-refractivity contribution in [1.29, 1.82) is 0 Å². The van der Waals surface area contributed by atoms with Gasteiger partial charge in [0.15, 0.2) is 0 Å². The van der Waals surface area contributed by atoms with Gasteiger partial charge in [0.2, 0.25) is 0 Å². The fraction of sp³-hybridized carbons (Fsp3) is 0.923. The zero-order valence-corrected chi connectivity index (χ0v) is 11.1. The van der Waals surface area contributed by atoms with Crippen LogP contribution in [0.15, 0.2) is 0 Å². The van der Waals surface area contributed by atoms with E-state index in [1.54, 1.807) is 4.90 Å². The molecule has 0 aromatic heterocycles. The first kappa shape index (κ1) is 12.7. The fourth-order valence-corrected chi connectivity index (χ4v) is 2.95. The molecule has 1 saturated carbocycles. The Morgan fingerprint density at radius 2 is 1.59 bits per heavy atom. The number of carbonyl (C=O) groups is 1. The Morgan fingerprint density at radius 1 is 1.06 bits per heavy atom. The maximum Gasteiger partial charge on any atom is 0.319 e. The van der Waals surface area contributed by atoms with E-state index in [-0.39, 0.29) is 6.03 Å². The highest BCUT2D eigenvalue weighted by Gasteiger charge is 2.25. The van der Waals surface area contributed by atoms with E-state index in [0.29, 0.717) is 6.04 Å². The van der Waals surface area contributed by atoms with Crippen LogP contribution in [0.25, 0.3) is 0 Å². The maximum atomic E-state index is 11.8. The van der Waals surface area contributed by atoms with Crippen LogP contribution < -0.4 is 5.32 Å². The van der Waals surface area contributed by atoms with E-state index in [1.807, 2.05) is 19.0 Å². The Morgan fingerprint density at radius 3 is 2.12 bits per heavy atom. The van der Waals surface area contributed by atoms with Crippen LogP contribution in [-0.4, -0.2) is 55.1 Å². The molecular weight excluding hydrogens is 214 g/mol. The Balaban J connectivity index is 1.72. The van der Waals surface area contributed by atoms with E-state index in [9.17, 15) is 4.79 Å². The SMILES string of the molecule is CN(C)C(=O)N1CCC(NC2CCCC2)CC1. The minimum atomic E-state index is 0.157. The molecule has 1 heterocycles. The molecule has 2 aliphatic rings. The molecule has 1 saturated heterocycles. The summed E-state index contributed by atoms with van der Waals surface area (Å²) in [7, 11) is 3.65. The van der Waals surface area contributed by atoms with Gasteiger partial charge < -0.3 is 15.1 Å². The first-order chi connectivity index (χ1) is 8.16. The number of nitrogens with zero attached hydrogens (tertiary/aromatic N) is 2. The molecule has 0 radical (unpaired) electrons. The number of nitrogens with one attached hydrogen (secondary N) is 1. The molecule has 98 valence electrons. The summed E-state index contributed by atoms with van der Waals surface area (Å²) in [4.78, 5) is 15.4. The lowest BCUT2D eigenvalue weighted by molar-refractivity contribution is 0.150. The quantitative estimate of drug-likeness (QED) is 0.795. The van der Waals surface area contributed by atoms with Gasteiger partial charge in [-0.05, 0) is 25.7 Å². The molecule has 17 heavy (non-hydrogen) atoms. The molecule has 2 fully saturated rings. The summed E-state index contributed by atoms with van der Waals surface area (Å²) in [6.07, 6.45) is 7.67. The van der Waals surface area contributed by atoms with Crippen LogP contribution in [0.5, 0.6) is 0 Å². The lowest BCUT2D eigenvalue weighted by Crippen LogP contribution is -2.49. The number of hydrogen-bond acceptors (Lipinski definition) is 2. The summed E-state index contributed by atoms with van der Waals surface area (Å²) in [5, 5.41) is 3.75. The van der Waals surface area contributed by atoms with Gasteiger partial charge in [-0.1, -0.05) is 12.8 Å². The Hall–Kier alpha value is -0.770. The number of rotatable bonds is 2. The number of carbonyl (C=O) groups excluding carboxylic acids is 1. The monoisotopic (exact) mass is 239 g/mol. The summed E-state index contributed by atoms with van der Waals surface area (Å²) in [6, 6.07) is 1.53. The van der Waals surface area contributed by atoms with E-state index >= 15 is 0 Å². The van der Waals surface area contributed by atoms with Gasteiger partial charge in [-0.15, -0.1) is 0 Å². The normalized spacial score (nSPS) is 23.1. The Labute approximate surface area is 104 Å². The largest absolute Gasteiger partial charge is 0.331 e. The van der Waals surface area contributed by atoms with Crippen molar-refractivity contribution in [3.05, 3.63) is 0 Å². The van der Waals surface area contributed by atoms with Crippen LogP contribution in [0, 0.1) is 0 Å². The van der Waals surface area contributed by atoms with Gasteiger partial charge >= 0.3 is 6.03 Å². The molecule has 0 bridgehead atoms. The summed E-state index contributed by atoms with van der Waals surface area (Å²) in [5.74, 6) is 0. The average molecular weight is 239 g/mol. The van der Waals surface area contributed by atoms with Crippen molar-refractivity contribution in [2.45, 2.75) is 50.6 Å². The number of likely N-dealkylation sites (tertiary alicyclic amines) is 1. The lowest BCUT2D eigenvalue weighted by Gasteiger charge is -2.35. The molecule has 0 aromatic rings. The molecule has 2 rings (SSSR count). The third kappa shape index (κ3) is 3.35. The third-order valence-corrected chi connectivity index (χ3v) is 3.97. The van der Waals surface area contributed by atoms with E-state index in [4.69, 9.17) is 0 Å². The summed E-state index contributed by atoms with van der Waals surface area (Å²) >= 11 is 0. The zero-order valence-electron chi connectivity index (χ0n) is 11.1. The highest BCUT2D eigenvalue weighted by atomic mass is 16.2. The first-order valence-corrected chi connectivity index (χ1v) is 6.89. The van der Waals surface area contributed by atoms with Gasteiger partial charge in [0.1, 0.15) is 0 Å². The molecule has 0 spiro atoms. The molecule has 1 N–H and O–H groups in total. The molecule has 1 aliphatic carbocycles. The highest BCUT2D eigenvalue weighted by molar-refractivity contribution is 5.73. The lowest BCUT2D eigenvalue weighted by atomic mass is 10.0. The van der Waals surface area contributed by atoms with Crippen LogP contribution in [0.1, 0.15) is 38.5 Å². The van der Waals surface area contributed by atoms with Crippen LogP contribution in [-0.2, 0) is 0 Å². The van der Waals surface area contributed by atoms with Crippen molar-refractivity contribution in [3.8, 4) is 0 Å². The van der Waals surface area contributed by atoms with Gasteiger partial charge in [0.25, 0.3) is 0 Å². The fourth-order valence-electron chi connectivity index (χ4n) is 2.95. The second kappa shape index (κ2) is 5.71. The highest BCUT2D eigenvalue weighted by Crippen LogP contribution is 2.20. The van der Waals surface area contributed by atoms with E-state index in [0.717, 1.165) is 32.0 Å². The summed E-state index contributed by atoms with van der Waals surface area (Å²) < 4.78 is 0. The van der Waals surface area contributed by atoms with E-state index in [2.05, 4.69) is 5.32 Å². The van der Waals surface area contributed by atoms with Crippen molar-refractivity contribution in [2.24, 2.45) is 0 Å². The maximum absolute atomic E-state index is 11.8. The summed E-state index contributed by atoms with van der Waals surface area (Å²) in [5.41, 5.74) is 0. The van der Waals surface area contributed by atoms with Crippen molar-refractivity contribution >= 4 is 6.03 Å².